The number of rotatable bonds is 16. The van der Waals surface area contributed by atoms with Crippen molar-refractivity contribution in [2.75, 3.05) is 24.6 Å². The zero-order valence-electron chi connectivity index (χ0n) is 18.2. The van der Waals surface area contributed by atoms with Gasteiger partial charge in [0.15, 0.2) is 0 Å². The molecule has 166 valence electrons. The average molecular weight is 466 g/mol. The Hall–Kier alpha value is 0.899. The Morgan fingerprint density at radius 3 is 1.00 bits per heavy atom. The van der Waals surface area contributed by atoms with Crippen molar-refractivity contribution in [3.05, 3.63) is 0 Å². The van der Waals surface area contributed by atoms with Crippen LogP contribution in [0.3, 0.4) is 0 Å². The predicted molar refractivity (Wildman–Crippen MR) is 113 cm³/mol. The second-order valence-corrected chi connectivity index (χ2v) is 12.4. The maximum atomic E-state index is 11.4. The summed E-state index contributed by atoms with van der Waals surface area (Å²) in [5, 5.41) is 0. The molecule has 0 amide bonds. The van der Waals surface area contributed by atoms with E-state index in [2.05, 4.69) is 13.8 Å². The molecule has 0 aromatic rings. The molecule has 0 saturated heterocycles. The Morgan fingerprint density at radius 1 is 0.481 bits per heavy atom. The van der Waals surface area contributed by atoms with E-state index >= 15 is 0 Å². The summed E-state index contributed by atoms with van der Waals surface area (Å²) in [6.07, 6.45) is 13.8. The standard InChI is InChI=1S/2C10H23O2P.Fe/c2*1-3-5-7-8-10-13(11,12)9-6-4-2;/h2*3-10H2,1-2H3,(H,11,12);/q;;+2/p-2. The molecule has 7 heteroatoms. The summed E-state index contributed by atoms with van der Waals surface area (Å²) in [6.45, 7) is 8.32. The quantitative estimate of drug-likeness (QED) is 0.159. The van der Waals surface area contributed by atoms with Crippen molar-refractivity contribution in [2.24, 2.45) is 0 Å². The maximum Gasteiger partial charge on any atom is 2.00 e. The smallest absolute Gasteiger partial charge is 0.799 e. The largest absolute Gasteiger partial charge is 2.00 e. The van der Waals surface area contributed by atoms with Gasteiger partial charge in [-0.2, -0.15) is 0 Å². The van der Waals surface area contributed by atoms with Crippen LogP contribution in [0.4, 0.5) is 0 Å². The first-order chi connectivity index (χ1) is 12.2. The van der Waals surface area contributed by atoms with Crippen LogP contribution in [0.25, 0.3) is 0 Å². The summed E-state index contributed by atoms with van der Waals surface area (Å²) in [5.74, 6) is 0. The van der Waals surface area contributed by atoms with E-state index in [1.54, 1.807) is 0 Å². The van der Waals surface area contributed by atoms with Gasteiger partial charge in [-0.25, -0.2) is 0 Å². The molecule has 0 rings (SSSR count). The van der Waals surface area contributed by atoms with E-state index in [-0.39, 0.29) is 17.1 Å². The Kier molecular flexibility index (Phi) is 26.1. The van der Waals surface area contributed by atoms with Crippen LogP contribution in [0.1, 0.15) is 105 Å². The summed E-state index contributed by atoms with van der Waals surface area (Å²) in [6, 6.07) is 0. The van der Waals surface area contributed by atoms with Crippen LogP contribution < -0.4 is 9.79 Å². The number of hydrogen-bond acceptors (Lipinski definition) is 4. The zero-order chi connectivity index (χ0) is 20.3. The van der Waals surface area contributed by atoms with E-state index < -0.39 is 14.7 Å². The molecular weight excluding hydrogens is 422 g/mol. The summed E-state index contributed by atoms with van der Waals surface area (Å²) in [7, 11) is -6.00. The molecule has 0 fully saturated rings. The minimum Gasteiger partial charge on any atom is -0.799 e. The van der Waals surface area contributed by atoms with E-state index in [0.29, 0.717) is 24.6 Å². The molecule has 0 aromatic heterocycles. The number of unbranched alkanes of at least 4 members (excludes halogenated alkanes) is 8. The molecule has 0 saturated carbocycles. The molecular formula is C20H44FeO4P2. The molecule has 2 unspecified atom stereocenters. The molecule has 0 N–H and O–H groups in total. The van der Waals surface area contributed by atoms with Crippen molar-refractivity contribution in [3.63, 3.8) is 0 Å². The van der Waals surface area contributed by atoms with Crippen molar-refractivity contribution >= 4 is 14.7 Å². The fourth-order valence-corrected chi connectivity index (χ4v) is 6.03. The Balaban J connectivity index is -0.000000411. The van der Waals surface area contributed by atoms with Gasteiger partial charge in [0.2, 0.25) is 0 Å². The second-order valence-electron chi connectivity index (χ2n) is 7.35. The summed E-state index contributed by atoms with van der Waals surface area (Å²) in [5.41, 5.74) is 0. The summed E-state index contributed by atoms with van der Waals surface area (Å²) < 4.78 is 22.8. The van der Waals surface area contributed by atoms with Gasteiger partial charge in [0, 0.05) is 14.7 Å². The van der Waals surface area contributed by atoms with Crippen LogP contribution in [0.2, 0.25) is 0 Å². The summed E-state index contributed by atoms with van der Waals surface area (Å²) >= 11 is 0. The Bertz CT molecular complexity index is 356. The summed E-state index contributed by atoms with van der Waals surface area (Å²) in [4.78, 5) is 22.8. The van der Waals surface area contributed by atoms with Gasteiger partial charge in [0.05, 0.1) is 0 Å². The van der Waals surface area contributed by atoms with Crippen LogP contribution in [0, 0.1) is 0 Å². The van der Waals surface area contributed by atoms with Crippen molar-refractivity contribution < 1.29 is 36.0 Å². The van der Waals surface area contributed by atoms with Gasteiger partial charge >= 0.3 is 17.1 Å². The molecule has 0 aliphatic carbocycles. The molecule has 27 heavy (non-hydrogen) atoms. The third-order valence-corrected chi connectivity index (χ3v) is 8.40. The fourth-order valence-electron chi connectivity index (χ4n) is 2.58. The SMILES string of the molecule is CCCCCCP(=O)([O-])CCCC.CCCCCCP(=O)([O-])CCCC.[Fe+2]. The molecule has 0 radical (unpaired) electrons. The van der Waals surface area contributed by atoms with Gasteiger partial charge < -0.3 is 18.9 Å². The van der Waals surface area contributed by atoms with Gasteiger partial charge in [-0.15, -0.1) is 0 Å². The normalized spacial score (nSPS) is 15.0. The monoisotopic (exact) mass is 466 g/mol. The molecule has 0 aromatic carbocycles. The molecule has 0 bridgehead atoms. The zero-order valence-corrected chi connectivity index (χ0v) is 21.1. The first-order valence-corrected chi connectivity index (χ1v) is 14.8. The minimum absolute atomic E-state index is 0. The van der Waals surface area contributed by atoms with E-state index in [1.807, 2.05) is 13.8 Å². The molecule has 4 nitrogen and oxygen atoms in total. The first-order valence-electron chi connectivity index (χ1n) is 10.8. The predicted octanol–water partition coefficient (Wildman–Crippen LogP) is 6.01. The average Bonchev–Trinajstić information content (AvgIpc) is 2.60. The van der Waals surface area contributed by atoms with Gasteiger partial charge in [0.25, 0.3) is 0 Å². The fraction of sp³-hybridized carbons (Fsp3) is 1.00. The van der Waals surface area contributed by atoms with Crippen LogP contribution >= 0.6 is 14.7 Å². The Morgan fingerprint density at radius 2 is 0.741 bits per heavy atom. The molecule has 0 aliphatic heterocycles. The topological polar surface area (TPSA) is 80.3 Å². The molecule has 2 atom stereocenters. The minimum atomic E-state index is -3.00. The molecule has 0 spiro atoms. The van der Waals surface area contributed by atoms with Gasteiger partial charge in [-0.05, 0) is 50.3 Å². The van der Waals surface area contributed by atoms with Crippen molar-refractivity contribution in [3.8, 4) is 0 Å². The van der Waals surface area contributed by atoms with Crippen molar-refractivity contribution in [1.82, 2.24) is 0 Å². The Labute approximate surface area is 180 Å². The van der Waals surface area contributed by atoms with Gasteiger partial charge in [-0.3, -0.25) is 0 Å². The van der Waals surface area contributed by atoms with E-state index in [4.69, 9.17) is 0 Å². The van der Waals surface area contributed by atoms with Gasteiger partial charge in [0.1, 0.15) is 0 Å². The second kappa shape index (κ2) is 21.6. The molecule has 0 aliphatic rings. The van der Waals surface area contributed by atoms with Crippen LogP contribution in [0.15, 0.2) is 0 Å². The van der Waals surface area contributed by atoms with Crippen LogP contribution in [-0.4, -0.2) is 24.6 Å². The van der Waals surface area contributed by atoms with E-state index in [9.17, 15) is 18.9 Å². The van der Waals surface area contributed by atoms with Crippen molar-refractivity contribution in [1.29, 1.82) is 0 Å². The van der Waals surface area contributed by atoms with E-state index in [0.717, 1.165) is 77.0 Å². The third-order valence-electron chi connectivity index (χ3n) is 4.41. The van der Waals surface area contributed by atoms with E-state index in [1.165, 1.54) is 0 Å². The van der Waals surface area contributed by atoms with Crippen LogP contribution in [-0.2, 0) is 26.2 Å². The maximum absolute atomic E-state index is 11.4. The van der Waals surface area contributed by atoms with Crippen LogP contribution in [0.5, 0.6) is 0 Å². The first kappa shape index (κ1) is 32.6. The van der Waals surface area contributed by atoms with Gasteiger partial charge in [-0.1, -0.05) is 79.1 Å². The number of hydrogen-bond donors (Lipinski definition) is 0. The third kappa shape index (κ3) is 26.9. The molecule has 0 heterocycles. The van der Waals surface area contributed by atoms with Crippen molar-refractivity contribution in [2.45, 2.75) is 105 Å².